The molecule has 1 fully saturated rings. The van der Waals surface area contributed by atoms with Gasteiger partial charge in [-0.2, -0.15) is 0 Å². The topological polar surface area (TPSA) is 20.3 Å². The second-order valence-electron chi connectivity index (χ2n) is 6.64. The highest BCUT2D eigenvalue weighted by Gasteiger charge is 2.30. The lowest BCUT2D eigenvalue weighted by atomic mass is 9.77. The summed E-state index contributed by atoms with van der Waals surface area (Å²) < 4.78 is 1.08. The summed E-state index contributed by atoms with van der Waals surface area (Å²) in [5, 5.41) is 0. The van der Waals surface area contributed by atoms with Gasteiger partial charge in [-0.05, 0) is 49.5 Å². The van der Waals surface area contributed by atoms with Crippen LogP contribution in [-0.4, -0.2) is 30.8 Å². The molecule has 0 aromatic heterocycles. The van der Waals surface area contributed by atoms with Crippen molar-refractivity contribution in [2.45, 2.75) is 38.5 Å². The van der Waals surface area contributed by atoms with Crippen molar-refractivity contribution >= 4 is 21.7 Å². The fraction of sp³-hybridized carbons (Fsp3) is 0.588. The zero-order valence-corrected chi connectivity index (χ0v) is 14.2. The zero-order chi connectivity index (χ0) is 14.8. The molecule has 2 rings (SSSR count). The fourth-order valence-corrected chi connectivity index (χ4v) is 3.28. The predicted molar refractivity (Wildman–Crippen MR) is 87.0 cm³/mol. The smallest absolute Gasteiger partial charge is 0.138 e. The summed E-state index contributed by atoms with van der Waals surface area (Å²) in [5.41, 5.74) is 1.14. The van der Waals surface area contributed by atoms with Crippen molar-refractivity contribution in [1.82, 2.24) is 4.90 Å². The Kier molecular flexibility index (Phi) is 5.03. The molecule has 0 amide bonds. The van der Waals surface area contributed by atoms with Crippen LogP contribution >= 0.6 is 15.9 Å². The third-order valence-electron chi connectivity index (χ3n) is 4.32. The number of hydrogen-bond acceptors (Lipinski definition) is 2. The number of piperidine rings is 1. The van der Waals surface area contributed by atoms with E-state index in [1.807, 2.05) is 0 Å². The molecule has 3 heteroatoms. The molecule has 1 atom stereocenters. The number of likely N-dealkylation sites (tertiary alicyclic amines) is 1. The van der Waals surface area contributed by atoms with E-state index in [0.717, 1.165) is 30.4 Å². The summed E-state index contributed by atoms with van der Waals surface area (Å²) in [6, 6.07) is 8.33. The van der Waals surface area contributed by atoms with Gasteiger partial charge in [0.25, 0.3) is 0 Å². The van der Waals surface area contributed by atoms with Crippen LogP contribution < -0.4 is 0 Å². The quantitative estimate of drug-likeness (QED) is 0.826. The van der Waals surface area contributed by atoms with Crippen LogP contribution in [0.2, 0.25) is 0 Å². The Hall–Kier alpha value is -0.670. The number of benzene rings is 1. The molecule has 0 saturated carbocycles. The minimum Gasteiger partial charge on any atom is -0.306 e. The van der Waals surface area contributed by atoms with Crippen molar-refractivity contribution < 1.29 is 4.79 Å². The first-order valence-electron chi connectivity index (χ1n) is 7.36. The van der Waals surface area contributed by atoms with E-state index in [9.17, 15) is 4.79 Å². The van der Waals surface area contributed by atoms with Crippen LogP contribution in [0.15, 0.2) is 28.7 Å². The molecule has 20 heavy (non-hydrogen) atoms. The third-order valence-corrected chi connectivity index (χ3v) is 4.85. The van der Waals surface area contributed by atoms with Gasteiger partial charge in [-0.15, -0.1) is 0 Å². The Bertz CT molecular complexity index is 466. The molecule has 0 unspecified atom stereocenters. The van der Waals surface area contributed by atoms with Crippen LogP contribution in [0, 0.1) is 5.92 Å². The molecule has 1 aliphatic rings. The lowest BCUT2D eigenvalue weighted by Gasteiger charge is -2.32. The first kappa shape index (κ1) is 15.7. The maximum absolute atomic E-state index is 12.6. The fourth-order valence-electron chi connectivity index (χ4n) is 3.01. The van der Waals surface area contributed by atoms with Crippen LogP contribution in [0.3, 0.4) is 0 Å². The monoisotopic (exact) mass is 337 g/mol. The van der Waals surface area contributed by atoms with Crippen LogP contribution in [0.25, 0.3) is 0 Å². The van der Waals surface area contributed by atoms with E-state index in [0.29, 0.717) is 12.2 Å². The predicted octanol–water partition coefficient (Wildman–Crippen LogP) is 4.03. The van der Waals surface area contributed by atoms with Gasteiger partial charge < -0.3 is 4.90 Å². The SMILES string of the molecule is CN1CCC[C@H](C(=O)CC(C)(C)c2ccc(Br)cc2)C1. The summed E-state index contributed by atoms with van der Waals surface area (Å²) >= 11 is 3.46. The summed E-state index contributed by atoms with van der Waals surface area (Å²) in [4.78, 5) is 14.8. The first-order valence-corrected chi connectivity index (χ1v) is 8.15. The van der Waals surface area contributed by atoms with Crippen molar-refractivity contribution in [2.75, 3.05) is 20.1 Å². The van der Waals surface area contributed by atoms with Gasteiger partial charge in [0.2, 0.25) is 0 Å². The van der Waals surface area contributed by atoms with Gasteiger partial charge in [0.05, 0.1) is 0 Å². The van der Waals surface area contributed by atoms with Crippen LogP contribution in [-0.2, 0) is 10.2 Å². The molecule has 1 aromatic carbocycles. The lowest BCUT2D eigenvalue weighted by Crippen LogP contribution is -2.38. The van der Waals surface area contributed by atoms with Gasteiger partial charge in [0.1, 0.15) is 5.78 Å². The summed E-state index contributed by atoms with van der Waals surface area (Å²) in [7, 11) is 2.11. The molecular formula is C17H24BrNO. The number of rotatable bonds is 4. The highest BCUT2D eigenvalue weighted by Crippen LogP contribution is 2.31. The molecule has 2 nitrogen and oxygen atoms in total. The molecule has 110 valence electrons. The minimum atomic E-state index is -0.0895. The Morgan fingerprint density at radius 2 is 2.00 bits per heavy atom. The number of halogens is 1. The molecule has 1 aromatic rings. The lowest BCUT2D eigenvalue weighted by molar-refractivity contribution is -0.125. The number of ketones is 1. The largest absolute Gasteiger partial charge is 0.306 e. The van der Waals surface area contributed by atoms with Crippen molar-refractivity contribution in [3.63, 3.8) is 0 Å². The van der Waals surface area contributed by atoms with Crippen molar-refractivity contribution in [2.24, 2.45) is 5.92 Å². The number of carbonyl (C=O) groups is 1. The summed E-state index contributed by atoms with van der Waals surface area (Å²) in [6.45, 7) is 6.39. The van der Waals surface area contributed by atoms with Gasteiger partial charge in [0, 0.05) is 23.4 Å². The molecule has 0 radical (unpaired) electrons. The van der Waals surface area contributed by atoms with Gasteiger partial charge in [-0.3, -0.25) is 4.79 Å². The number of carbonyl (C=O) groups excluding carboxylic acids is 1. The molecule has 0 bridgehead atoms. The number of nitrogens with zero attached hydrogens (tertiary/aromatic N) is 1. The maximum Gasteiger partial charge on any atom is 0.138 e. The van der Waals surface area contributed by atoms with Crippen molar-refractivity contribution in [3.05, 3.63) is 34.3 Å². The standard InChI is InChI=1S/C17H24BrNO/c1-17(2,14-6-8-15(18)9-7-14)11-16(20)13-5-4-10-19(3)12-13/h6-9,13H,4-5,10-12H2,1-3H3/t13-/m0/s1. The molecule has 0 spiro atoms. The molecule has 0 aliphatic carbocycles. The van der Waals surface area contributed by atoms with Crippen molar-refractivity contribution in [3.8, 4) is 0 Å². The Morgan fingerprint density at radius 3 is 2.60 bits per heavy atom. The van der Waals surface area contributed by atoms with Gasteiger partial charge in [-0.1, -0.05) is 41.9 Å². The zero-order valence-electron chi connectivity index (χ0n) is 12.7. The Balaban J connectivity index is 2.03. The molecule has 0 N–H and O–H groups in total. The minimum absolute atomic E-state index is 0.0895. The van der Waals surface area contributed by atoms with Gasteiger partial charge in [0.15, 0.2) is 0 Å². The summed E-state index contributed by atoms with van der Waals surface area (Å²) in [6.07, 6.45) is 2.83. The maximum atomic E-state index is 12.6. The normalized spacial score (nSPS) is 20.9. The third kappa shape index (κ3) is 3.92. The second kappa shape index (κ2) is 6.40. The van der Waals surface area contributed by atoms with Crippen LogP contribution in [0.5, 0.6) is 0 Å². The van der Waals surface area contributed by atoms with E-state index in [2.05, 4.69) is 66.0 Å². The first-order chi connectivity index (χ1) is 9.38. The highest BCUT2D eigenvalue weighted by molar-refractivity contribution is 9.10. The molecule has 1 aliphatic heterocycles. The Morgan fingerprint density at radius 1 is 1.35 bits per heavy atom. The van der Waals surface area contributed by atoms with Crippen LogP contribution in [0.4, 0.5) is 0 Å². The molecular weight excluding hydrogens is 314 g/mol. The number of Topliss-reactive ketones (excluding diaryl/α,β-unsaturated/α-hetero) is 1. The van der Waals surface area contributed by atoms with E-state index in [1.165, 1.54) is 5.56 Å². The van der Waals surface area contributed by atoms with Gasteiger partial charge in [-0.25, -0.2) is 0 Å². The number of hydrogen-bond donors (Lipinski definition) is 0. The average molecular weight is 338 g/mol. The molecule has 1 saturated heterocycles. The summed E-state index contributed by atoms with van der Waals surface area (Å²) in [5.74, 6) is 0.646. The molecule has 1 heterocycles. The van der Waals surface area contributed by atoms with Crippen molar-refractivity contribution in [1.29, 1.82) is 0 Å². The van der Waals surface area contributed by atoms with E-state index < -0.39 is 0 Å². The van der Waals surface area contributed by atoms with Crippen LogP contribution in [0.1, 0.15) is 38.7 Å². The van der Waals surface area contributed by atoms with Gasteiger partial charge >= 0.3 is 0 Å². The van der Waals surface area contributed by atoms with E-state index in [-0.39, 0.29) is 11.3 Å². The second-order valence-corrected chi connectivity index (χ2v) is 7.55. The highest BCUT2D eigenvalue weighted by atomic mass is 79.9. The average Bonchev–Trinajstić information content (AvgIpc) is 2.38. The van der Waals surface area contributed by atoms with E-state index in [4.69, 9.17) is 0 Å². The van der Waals surface area contributed by atoms with E-state index >= 15 is 0 Å². The van der Waals surface area contributed by atoms with E-state index in [1.54, 1.807) is 0 Å². The Labute approximate surface area is 130 Å².